The van der Waals surface area contributed by atoms with Crippen molar-refractivity contribution < 1.29 is 28.2 Å². The molecule has 1 aliphatic carbocycles. The molecule has 0 aromatic heterocycles. The number of carboxylic acid groups (broad SMARTS) is 1. The zero-order valence-electron chi connectivity index (χ0n) is 24.4. The highest BCUT2D eigenvalue weighted by atomic mass is 35.5. The van der Waals surface area contributed by atoms with Crippen molar-refractivity contribution in [1.29, 1.82) is 0 Å². The van der Waals surface area contributed by atoms with Gasteiger partial charge in [-0.05, 0) is 104 Å². The summed E-state index contributed by atoms with van der Waals surface area (Å²) in [6.45, 7) is 5.45. The van der Waals surface area contributed by atoms with Crippen molar-refractivity contribution in [3.05, 3.63) is 70.3 Å². The molecule has 0 spiro atoms. The van der Waals surface area contributed by atoms with Crippen LogP contribution in [-0.2, 0) is 23.1 Å². The minimum atomic E-state index is -3.62. The van der Waals surface area contributed by atoms with Crippen molar-refractivity contribution in [2.45, 2.75) is 76.8 Å². The number of carboxylic acids is 1. The van der Waals surface area contributed by atoms with Crippen LogP contribution in [0.25, 0.3) is 0 Å². The zero-order chi connectivity index (χ0) is 30.4. The molecule has 5 atom stereocenters. The van der Waals surface area contributed by atoms with Crippen LogP contribution in [0.3, 0.4) is 0 Å². The Balaban J connectivity index is 1.49. The van der Waals surface area contributed by atoms with Gasteiger partial charge in [-0.25, -0.2) is 18.4 Å². The van der Waals surface area contributed by atoms with Crippen LogP contribution in [-0.4, -0.2) is 49.0 Å². The quantitative estimate of drug-likeness (QED) is 0.287. The first kappa shape index (κ1) is 32.3. The molecule has 0 radical (unpaired) electrons. The molecule has 2 aliphatic rings. The van der Waals surface area contributed by atoms with Gasteiger partial charge in [0.05, 0.1) is 22.6 Å². The van der Waals surface area contributed by atoms with E-state index in [-0.39, 0.29) is 23.3 Å². The third-order valence-electron chi connectivity index (χ3n) is 8.89. The lowest BCUT2D eigenvalue weighted by Gasteiger charge is -2.42. The number of fused-ring (bicyclic) bond motifs is 2. The monoisotopic (exact) mass is 618 g/mol. The number of nitrogens with zero attached hydrogens (tertiary/aromatic N) is 1. The fourth-order valence-corrected chi connectivity index (χ4v) is 7.73. The lowest BCUT2D eigenvalue weighted by Crippen LogP contribution is -2.43. The van der Waals surface area contributed by atoms with Crippen LogP contribution in [0.15, 0.2) is 48.6 Å². The van der Waals surface area contributed by atoms with Gasteiger partial charge in [-0.1, -0.05) is 43.7 Å². The molecule has 2 aromatic carbocycles. The highest BCUT2D eigenvalue weighted by Crippen LogP contribution is 2.41. The van der Waals surface area contributed by atoms with E-state index < -0.39 is 27.3 Å². The summed E-state index contributed by atoms with van der Waals surface area (Å²) in [5.41, 5.74) is 3.19. The topological polar surface area (TPSA) is 130 Å². The number of ether oxygens (including phenoxy) is 1. The summed E-state index contributed by atoms with van der Waals surface area (Å²) in [5.74, 6) is -0.221. The molecule has 42 heavy (non-hydrogen) atoms. The maximum absolute atomic E-state index is 11.9. The Morgan fingerprint density at radius 1 is 1.19 bits per heavy atom. The second-order valence-corrected chi connectivity index (χ2v) is 14.0. The Hall–Kier alpha value is -2.59. The van der Waals surface area contributed by atoms with Gasteiger partial charge in [0.1, 0.15) is 12.4 Å². The van der Waals surface area contributed by atoms with E-state index in [1.54, 1.807) is 24.3 Å². The number of primary sulfonamides is 1. The Kier molecular flexibility index (Phi) is 11.0. The van der Waals surface area contributed by atoms with Crippen molar-refractivity contribution in [3.8, 4) is 5.75 Å². The normalized spacial score (nSPS) is 21.7. The van der Waals surface area contributed by atoms with Crippen molar-refractivity contribution in [2.75, 3.05) is 18.0 Å². The van der Waals surface area contributed by atoms with Crippen LogP contribution in [0, 0.1) is 17.8 Å². The molecule has 0 unspecified atom stereocenters. The molecular formula is C32H43ClN2O6S. The van der Waals surface area contributed by atoms with E-state index in [1.807, 2.05) is 38.1 Å². The number of carbonyl (C=O) groups is 1. The van der Waals surface area contributed by atoms with Crippen molar-refractivity contribution >= 4 is 33.3 Å². The molecule has 230 valence electrons. The molecule has 0 amide bonds. The highest BCUT2D eigenvalue weighted by Gasteiger charge is 2.37. The summed E-state index contributed by atoms with van der Waals surface area (Å²) >= 11 is 6.27. The molecule has 2 aromatic rings. The molecule has 0 bridgehead atoms. The third-order valence-corrected chi connectivity index (χ3v) is 10.8. The fourth-order valence-electron chi connectivity index (χ4n) is 6.31. The third kappa shape index (κ3) is 8.07. The van der Waals surface area contributed by atoms with Crippen LogP contribution in [0.5, 0.6) is 5.75 Å². The van der Waals surface area contributed by atoms with E-state index in [1.165, 1.54) is 0 Å². The fraction of sp³-hybridized carbons (Fsp3) is 0.531. The first-order valence-electron chi connectivity index (χ1n) is 14.9. The van der Waals surface area contributed by atoms with E-state index >= 15 is 0 Å². The average molecular weight is 619 g/mol. The summed E-state index contributed by atoms with van der Waals surface area (Å²) in [6, 6.07) is 10.9. The number of aliphatic hydroxyl groups is 1. The second-order valence-electron chi connectivity index (χ2n) is 11.8. The SMILES string of the molecule is CC[C@@H]([C@@H](C)C/C=C/[C@H](O)[C@@H]1CC[C@H]1CN1CCCCc2cc(Cl)ccc2COc2ccc(C(=O)O)cc21)S(N)(=O)=O. The Morgan fingerprint density at radius 3 is 2.64 bits per heavy atom. The first-order valence-corrected chi connectivity index (χ1v) is 16.8. The van der Waals surface area contributed by atoms with Gasteiger partial charge in [0.2, 0.25) is 10.0 Å². The second kappa shape index (κ2) is 14.3. The maximum atomic E-state index is 11.9. The Labute approximate surface area is 254 Å². The zero-order valence-corrected chi connectivity index (χ0v) is 26.0. The molecule has 1 aliphatic heterocycles. The van der Waals surface area contributed by atoms with Crippen LogP contribution in [0.1, 0.15) is 73.9 Å². The number of rotatable bonds is 10. The van der Waals surface area contributed by atoms with Gasteiger partial charge in [0.25, 0.3) is 0 Å². The van der Waals surface area contributed by atoms with E-state index in [9.17, 15) is 23.4 Å². The number of hydrogen-bond donors (Lipinski definition) is 3. The lowest BCUT2D eigenvalue weighted by atomic mass is 9.70. The minimum Gasteiger partial charge on any atom is -0.487 e. The molecule has 4 N–H and O–H groups in total. The predicted molar refractivity (Wildman–Crippen MR) is 167 cm³/mol. The van der Waals surface area contributed by atoms with Crippen LogP contribution < -0.4 is 14.8 Å². The molecule has 0 saturated heterocycles. The van der Waals surface area contributed by atoms with E-state index in [4.69, 9.17) is 21.5 Å². The van der Waals surface area contributed by atoms with Gasteiger partial charge in [0.15, 0.2) is 0 Å². The number of allylic oxidation sites excluding steroid dienone is 1. The van der Waals surface area contributed by atoms with Gasteiger partial charge in [-0.15, -0.1) is 0 Å². The van der Waals surface area contributed by atoms with E-state index in [0.29, 0.717) is 36.8 Å². The van der Waals surface area contributed by atoms with E-state index in [2.05, 4.69) is 4.90 Å². The van der Waals surface area contributed by atoms with Crippen LogP contribution >= 0.6 is 11.6 Å². The van der Waals surface area contributed by atoms with Gasteiger partial charge in [0, 0.05) is 18.1 Å². The Bertz CT molecular complexity index is 1380. The van der Waals surface area contributed by atoms with E-state index in [0.717, 1.165) is 55.5 Å². The van der Waals surface area contributed by atoms with Crippen LogP contribution in [0.4, 0.5) is 5.69 Å². The number of sulfonamides is 1. The minimum absolute atomic E-state index is 0.0633. The summed E-state index contributed by atoms with van der Waals surface area (Å²) in [6.07, 6.45) is 8.58. The Morgan fingerprint density at radius 2 is 1.98 bits per heavy atom. The van der Waals surface area contributed by atoms with Gasteiger partial charge in [-0.3, -0.25) is 0 Å². The summed E-state index contributed by atoms with van der Waals surface area (Å²) in [5, 5.41) is 26.2. The van der Waals surface area contributed by atoms with Crippen LogP contribution in [0.2, 0.25) is 5.02 Å². The van der Waals surface area contributed by atoms with Gasteiger partial charge < -0.3 is 19.8 Å². The number of aromatic carboxylic acids is 1. The number of benzene rings is 2. The average Bonchev–Trinajstić information content (AvgIpc) is 2.93. The number of nitrogens with two attached hydrogens (primary N) is 1. The van der Waals surface area contributed by atoms with Crippen molar-refractivity contribution in [2.24, 2.45) is 22.9 Å². The number of aryl methyl sites for hydroxylation is 1. The van der Waals surface area contributed by atoms with Gasteiger partial charge >= 0.3 is 5.97 Å². The number of aliphatic hydroxyl groups excluding tert-OH is 1. The van der Waals surface area contributed by atoms with Crippen molar-refractivity contribution in [1.82, 2.24) is 0 Å². The summed E-state index contributed by atoms with van der Waals surface area (Å²) in [7, 11) is -3.62. The maximum Gasteiger partial charge on any atom is 0.335 e. The number of halogens is 1. The highest BCUT2D eigenvalue weighted by molar-refractivity contribution is 7.89. The molecule has 8 nitrogen and oxygen atoms in total. The summed E-state index contributed by atoms with van der Waals surface area (Å²) < 4.78 is 30.0. The lowest BCUT2D eigenvalue weighted by molar-refractivity contribution is 0.0461. The molecule has 10 heteroatoms. The first-order chi connectivity index (χ1) is 20.0. The molecule has 4 rings (SSSR count). The smallest absolute Gasteiger partial charge is 0.335 e. The number of hydrogen-bond acceptors (Lipinski definition) is 6. The molecule has 1 saturated carbocycles. The molecule has 1 heterocycles. The standard InChI is InChI=1S/C32H43ClN2O6S/c1-3-31(42(34,39)40)21(2)7-6-9-29(36)27-14-11-24(27)19-35-16-5-4-8-22-17-26(33)13-10-25(22)20-41-30-15-12-23(32(37)38)18-28(30)35/h6,9-10,12-13,15,17-18,21,24,27,29,31,36H,3-5,7-8,11,14,16,19-20H2,1-2H3,(H,37,38)(H2,34,39,40)/b9-6+/t21-,24-,27+,29-,31-/m0/s1. The van der Waals surface area contributed by atoms with Crippen molar-refractivity contribution in [3.63, 3.8) is 0 Å². The molecule has 1 fully saturated rings. The summed E-state index contributed by atoms with van der Waals surface area (Å²) in [4.78, 5) is 14.1. The number of anilines is 1. The largest absolute Gasteiger partial charge is 0.487 e. The van der Waals surface area contributed by atoms with Gasteiger partial charge in [-0.2, -0.15) is 0 Å². The predicted octanol–water partition coefficient (Wildman–Crippen LogP) is 5.80. The molecular weight excluding hydrogens is 576 g/mol.